The van der Waals surface area contributed by atoms with Gasteiger partial charge in [0.15, 0.2) is 5.67 Å². The summed E-state index contributed by atoms with van der Waals surface area (Å²) in [5.41, 5.74) is -0.564. The maximum absolute atomic E-state index is 14.2. The quantitative estimate of drug-likeness (QED) is 0.672. The van der Waals surface area contributed by atoms with E-state index in [4.69, 9.17) is 0 Å². The normalized spacial score (nSPS) is 21.3. The predicted molar refractivity (Wildman–Crippen MR) is 81.6 cm³/mol. The Kier molecular flexibility index (Phi) is 6.90. The number of allylic oxidation sites excluding steroid dienone is 4. The van der Waals surface area contributed by atoms with Crippen LogP contribution in [-0.4, -0.2) is 6.16 Å². The van der Waals surface area contributed by atoms with Crippen LogP contribution in [0.25, 0.3) is 0 Å². The zero-order chi connectivity index (χ0) is 13.3. The first kappa shape index (κ1) is 15.1. The molecule has 1 aliphatic rings. The Morgan fingerprint density at radius 3 is 2.39 bits per heavy atom. The van der Waals surface area contributed by atoms with Gasteiger partial charge >= 0.3 is 0 Å². The van der Waals surface area contributed by atoms with Crippen molar-refractivity contribution in [2.45, 2.75) is 31.9 Å². The maximum atomic E-state index is 14.2. The number of alkyl halides is 1. The third-order valence-corrected chi connectivity index (χ3v) is 3.24. The minimum Gasteiger partial charge on any atom is -0.234 e. The summed E-state index contributed by atoms with van der Waals surface area (Å²) in [6.07, 6.45) is 11.5. The molecule has 1 aromatic carbocycles. The minimum atomic E-state index is -1.30. The molecule has 0 bridgehead atoms. The highest BCUT2D eigenvalue weighted by molar-refractivity contribution is 7.16. The summed E-state index contributed by atoms with van der Waals surface area (Å²) in [7, 11) is 2.70. The fraction of sp³-hybridized carbons (Fsp3) is 0.375. The van der Waals surface area contributed by atoms with Gasteiger partial charge in [0.1, 0.15) is 0 Å². The standard InChI is InChI=1S/C12H11F.C4H11P/c13-12(9-5-2-6-10-12)11-7-3-1-4-8-11;1-2-3-4-5/h1-9H,10H2;2-5H2,1H3. The molecule has 0 N–H and O–H groups in total. The molecule has 1 aliphatic carbocycles. The van der Waals surface area contributed by atoms with E-state index in [0.29, 0.717) is 6.42 Å². The van der Waals surface area contributed by atoms with Crippen molar-refractivity contribution in [2.24, 2.45) is 0 Å². The average molecular weight is 264 g/mol. The van der Waals surface area contributed by atoms with Gasteiger partial charge in [-0.05, 0) is 17.8 Å². The zero-order valence-electron chi connectivity index (χ0n) is 11.0. The van der Waals surface area contributed by atoms with E-state index in [1.165, 1.54) is 19.0 Å². The van der Waals surface area contributed by atoms with Gasteiger partial charge in [-0.15, -0.1) is 9.24 Å². The van der Waals surface area contributed by atoms with Crippen molar-refractivity contribution in [3.8, 4) is 0 Å². The van der Waals surface area contributed by atoms with Crippen molar-refractivity contribution in [1.82, 2.24) is 0 Å². The van der Waals surface area contributed by atoms with Gasteiger partial charge in [-0.25, -0.2) is 4.39 Å². The van der Waals surface area contributed by atoms with Gasteiger partial charge in [-0.3, -0.25) is 0 Å². The molecule has 1 aromatic rings. The van der Waals surface area contributed by atoms with E-state index in [9.17, 15) is 4.39 Å². The van der Waals surface area contributed by atoms with Crippen LogP contribution in [0.1, 0.15) is 31.7 Å². The van der Waals surface area contributed by atoms with Gasteiger partial charge in [0.05, 0.1) is 0 Å². The molecule has 0 saturated carbocycles. The molecule has 2 atom stereocenters. The molecule has 0 aromatic heterocycles. The van der Waals surface area contributed by atoms with E-state index in [-0.39, 0.29) is 0 Å². The van der Waals surface area contributed by atoms with Gasteiger partial charge in [0.25, 0.3) is 0 Å². The lowest BCUT2D eigenvalue weighted by molar-refractivity contribution is 0.236. The van der Waals surface area contributed by atoms with Crippen molar-refractivity contribution >= 4 is 9.24 Å². The second-order valence-electron chi connectivity index (χ2n) is 4.36. The Labute approximate surface area is 112 Å². The van der Waals surface area contributed by atoms with Crippen molar-refractivity contribution in [3.05, 3.63) is 60.2 Å². The Morgan fingerprint density at radius 1 is 1.22 bits per heavy atom. The summed E-state index contributed by atoms with van der Waals surface area (Å²) < 4.78 is 14.2. The third-order valence-electron chi connectivity index (χ3n) is 2.83. The fourth-order valence-electron chi connectivity index (χ4n) is 1.73. The van der Waals surface area contributed by atoms with Crippen LogP contribution in [0.3, 0.4) is 0 Å². The van der Waals surface area contributed by atoms with E-state index >= 15 is 0 Å². The van der Waals surface area contributed by atoms with Crippen molar-refractivity contribution < 1.29 is 4.39 Å². The minimum absolute atomic E-state index is 0.438. The molecule has 0 spiro atoms. The van der Waals surface area contributed by atoms with Crippen LogP contribution < -0.4 is 0 Å². The second-order valence-corrected chi connectivity index (χ2v) is 4.94. The number of hydrogen-bond donors (Lipinski definition) is 0. The van der Waals surface area contributed by atoms with Crippen molar-refractivity contribution in [1.29, 1.82) is 0 Å². The lowest BCUT2D eigenvalue weighted by Crippen LogP contribution is -2.17. The smallest absolute Gasteiger partial charge is 0.157 e. The summed E-state index contributed by atoms with van der Waals surface area (Å²) in [5.74, 6) is 0. The zero-order valence-corrected chi connectivity index (χ0v) is 12.1. The van der Waals surface area contributed by atoms with Gasteiger partial charge < -0.3 is 0 Å². The first-order chi connectivity index (χ1) is 8.73. The highest BCUT2D eigenvalue weighted by Crippen LogP contribution is 2.33. The summed E-state index contributed by atoms with van der Waals surface area (Å²) in [5, 5.41) is 0. The maximum Gasteiger partial charge on any atom is 0.157 e. The molecule has 2 rings (SSSR count). The summed E-state index contributed by atoms with van der Waals surface area (Å²) in [4.78, 5) is 0. The second kappa shape index (κ2) is 8.21. The SMILES string of the molecule is CCCCP.FC1(c2ccccc2)C=CC=CC1. The van der Waals surface area contributed by atoms with E-state index in [1.54, 1.807) is 12.2 Å². The lowest BCUT2D eigenvalue weighted by Gasteiger charge is -2.22. The molecule has 98 valence electrons. The summed E-state index contributed by atoms with van der Waals surface area (Å²) in [6.45, 7) is 2.20. The number of unbranched alkanes of at least 4 members (excludes halogenated alkanes) is 1. The van der Waals surface area contributed by atoms with E-state index in [2.05, 4.69) is 16.2 Å². The molecule has 0 fully saturated rings. The molecule has 0 heterocycles. The molecular weight excluding hydrogens is 242 g/mol. The van der Waals surface area contributed by atoms with E-state index in [0.717, 1.165) is 5.56 Å². The molecule has 2 unspecified atom stereocenters. The van der Waals surface area contributed by atoms with Crippen LogP contribution >= 0.6 is 9.24 Å². The largest absolute Gasteiger partial charge is 0.234 e. The van der Waals surface area contributed by atoms with Crippen LogP contribution in [0, 0.1) is 0 Å². The van der Waals surface area contributed by atoms with Gasteiger partial charge in [0.2, 0.25) is 0 Å². The van der Waals surface area contributed by atoms with Crippen LogP contribution in [0.4, 0.5) is 4.39 Å². The average Bonchev–Trinajstić information content (AvgIpc) is 2.42. The van der Waals surface area contributed by atoms with Crippen molar-refractivity contribution in [2.75, 3.05) is 6.16 Å². The summed E-state index contributed by atoms with van der Waals surface area (Å²) >= 11 is 0. The Bertz CT molecular complexity index is 381. The number of benzene rings is 1. The molecule has 2 heteroatoms. The fourth-order valence-corrected chi connectivity index (χ4v) is 2.14. The number of halogens is 1. The summed E-state index contributed by atoms with van der Waals surface area (Å²) in [6, 6.07) is 9.27. The first-order valence-corrected chi connectivity index (χ1v) is 7.33. The molecule has 0 amide bonds. The first-order valence-electron chi connectivity index (χ1n) is 6.52. The monoisotopic (exact) mass is 264 g/mol. The van der Waals surface area contributed by atoms with Crippen LogP contribution in [-0.2, 0) is 5.67 Å². The predicted octanol–water partition coefficient (Wildman–Crippen LogP) is 5.03. The van der Waals surface area contributed by atoms with Gasteiger partial charge in [-0.1, -0.05) is 68.3 Å². The van der Waals surface area contributed by atoms with Crippen LogP contribution in [0.5, 0.6) is 0 Å². The number of hydrogen-bond acceptors (Lipinski definition) is 0. The van der Waals surface area contributed by atoms with Crippen LogP contribution in [0.15, 0.2) is 54.6 Å². The number of rotatable bonds is 3. The molecule has 0 aliphatic heterocycles. The molecule has 18 heavy (non-hydrogen) atoms. The highest BCUT2D eigenvalue weighted by Gasteiger charge is 2.27. The van der Waals surface area contributed by atoms with E-state index in [1.807, 2.05) is 42.5 Å². The van der Waals surface area contributed by atoms with Crippen LogP contribution in [0.2, 0.25) is 0 Å². The van der Waals surface area contributed by atoms with Gasteiger partial charge in [-0.2, -0.15) is 0 Å². The topological polar surface area (TPSA) is 0 Å². The molecule has 0 nitrogen and oxygen atoms in total. The molecule has 0 saturated heterocycles. The molecule has 0 radical (unpaired) electrons. The Balaban J connectivity index is 0.000000280. The Hall–Kier alpha value is -0.940. The lowest BCUT2D eigenvalue weighted by atomic mass is 9.89. The van der Waals surface area contributed by atoms with Crippen molar-refractivity contribution in [3.63, 3.8) is 0 Å². The van der Waals surface area contributed by atoms with Gasteiger partial charge in [0, 0.05) is 6.42 Å². The highest BCUT2D eigenvalue weighted by atomic mass is 31.0. The third kappa shape index (κ3) is 4.74. The Morgan fingerprint density at radius 2 is 1.94 bits per heavy atom. The molecular formula is C16H22FP. The van der Waals surface area contributed by atoms with E-state index < -0.39 is 5.67 Å².